The highest BCUT2D eigenvalue weighted by Gasteiger charge is 2.25. The fourth-order valence-electron chi connectivity index (χ4n) is 4.72. The summed E-state index contributed by atoms with van der Waals surface area (Å²) in [5.41, 5.74) is 6.79. The van der Waals surface area contributed by atoms with E-state index in [2.05, 4.69) is 14.8 Å². The summed E-state index contributed by atoms with van der Waals surface area (Å²) in [4.78, 5) is 18.6. The van der Waals surface area contributed by atoms with Gasteiger partial charge in [-0.25, -0.2) is 26.6 Å². The summed E-state index contributed by atoms with van der Waals surface area (Å²) in [6, 6.07) is 7.28. The van der Waals surface area contributed by atoms with Gasteiger partial charge in [-0.05, 0) is 55.3 Å². The van der Waals surface area contributed by atoms with Crippen molar-refractivity contribution in [2.24, 2.45) is 12.8 Å². The highest BCUT2D eigenvalue weighted by Crippen LogP contribution is 2.35. The third-order valence-corrected chi connectivity index (χ3v) is 7.28. The summed E-state index contributed by atoms with van der Waals surface area (Å²) in [7, 11) is -2.21. The van der Waals surface area contributed by atoms with Crippen LogP contribution in [0.2, 0.25) is 5.02 Å². The lowest BCUT2D eigenvalue weighted by atomic mass is 10.0. The lowest BCUT2D eigenvalue weighted by Gasteiger charge is -2.20. The molecule has 40 heavy (non-hydrogen) atoms. The topological polar surface area (TPSA) is 125 Å². The smallest absolute Gasteiger partial charge is 0.266 e. The lowest BCUT2D eigenvalue weighted by Crippen LogP contribution is -2.30. The van der Waals surface area contributed by atoms with Gasteiger partial charge in [-0.2, -0.15) is 5.10 Å². The molecule has 5 aromatic rings. The highest BCUT2D eigenvalue weighted by molar-refractivity contribution is 7.92. The molecule has 9 nitrogen and oxygen atoms in total. The number of sulfonamides is 1. The van der Waals surface area contributed by atoms with Gasteiger partial charge in [-0.15, -0.1) is 0 Å². The maximum absolute atomic E-state index is 14.5. The van der Waals surface area contributed by atoms with Crippen LogP contribution in [0.1, 0.15) is 23.0 Å². The van der Waals surface area contributed by atoms with Crippen LogP contribution in [0.5, 0.6) is 0 Å². The van der Waals surface area contributed by atoms with E-state index in [4.69, 9.17) is 17.3 Å². The third-order valence-electron chi connectivity index (χ3n) is 6.40. The second kappa shape index (κ2) is 9.91. The van der Waals surface area contributed by atoms with Gasteiger partial charge >= 0.3 is 0 Å². The van der Waals surface area contributed by atoms with Gasteiger partial charge in [0.25, 0.3) is 5.56 Å². The van der Waals surface area contributed by atoms with E-state index in [1.807, 2.05) is 0 Å². The van der Waals surface area contributed by atoms with Crippen molar-refractivity contribution in [2.45, 2.75) is 19.4 Å². The minimum Gasteiger partial charge on any atom is -0.321 e. The Morgan fingerprint density at radius 1 is 1.10 bits per heavy atom. The molecule has 0 saturated heterocycles. The molecule has 0 aliphatic carbocycles. The Hall–Kier alpha value is -3.94. The zero-order valence-electron chi connectivity index (χ0n) is 21.3. The molecule has 14 heteroatoms. The van der Waals surface area contributed by atoms with Crippen molar-refractivity contribution in [3.05, 3.63) is 92.2 Å². The first kappa shape index (κ1) is 27.6. The molecule has 0 aliphatic rings. The lowest BCUT2D eigenvalue weighted by molar-refractivity contribution is 0.572. The van der Waals surface area contributed by atoms with Crippen LogP contribution in [-0.2, 0) is 23.5 Å². The minimum absolute atomic E-state index is 0.0293. The number of benzene rings is 3. The number of nitrogens with one attached hydrogen (secondary N) is 1. The Morgan fingerprint density at radius 2 is 1.77 bits per heavy atom. The first-order valence-electron chi connectivity index (χ1n) is 11.8. The number of hydrogen-bond acceptors (Lipinski definition) is 6. The maximum Gasteiger partial charge on any atom is 0.266 e. The molecule has 5 rings (SSSR count). The minimum atomic E-state index is -3.74. The second-order valence-electron chi connectivity index (χ2n) is 9.40. The number of aryl methyl sites for hydroxylation is 2. The van der Waals surface area contributed by atoms with Crippen LogP contribution in [0.25, 0.3) is 27.5 Å². The standard InChI is InChI=1S/C26H22ClF3N6O3S/c1-12-18(30)6-4-16-22(12)32-25(19(31)10-13-8-14(28)11-15(29)9-13)36(26(16)37)20-7-5-17(27)21-23(20)35(2)33-24(21)34-40(3,38)39/h4-9,11,19H,10,31H2,1-3H3,(H,33,34). The van der Waals surface area contributed by atoms with Crippen LogP contribution in [0.4, 0.5) is 19.0 Å². The van der Waals surface area contributed by atoms with E-state index < -0.39 is 39.1 Å². The van der Waals surface area contributed by atoms with Crippen molar-refractivity contribution >= 4 is 49.2 Å². The number of halogens is 4. The average Bonchev–Trinajstić information content (AvgIpc) is 3.16. The molecule has 2 heterocycles. The maximum atomic E-state index is 14.5. The summed E-state index contributed by atoms with van der Waals surface area (Å²) in [6.07, 6.45) is 0.834. The van der Waals surface area contributed by atoms with Crippen molar-refractivity contribution in [3.63, 3.8) is 0 Å². The van der Waals surface area contributed by atoms with Crippen LogP contribution >= 0.6 is 11.6 Å². The van der Waals surface area contributed by atoms with Crippen molar-refractivity contribution in [1.29, 1.82) is 0 Å². The molecular formula is C26H22ClF3N6O3S. The molecule has 208 valence electrons. The molecule has 0 saturated carbocycles. The number of hydrogen-bond donors (Lipinski definition) is 2. The molecule has 0 radical (unpaired) electrons. The molecule has 0 bridgehead atoms. The van der Waals surface area contributed by atoms with Crippen molar-refractivity contribution < 1.29 is 21.6 Å². The van der Waals surface area contributed by atoms with E-state index >= 15 is 0 Å². The molecule has 1 unspecified atom stereocenters. The van der Waals surface area contributed by atoms with Gasteiger partial charge in [-0.3, -0.25) is 18.8 Å². The van der Waals surface area contributed by atoms with Crippen LogP contribution in [0, 0.1) is 24.4 Å². The number of nitrogens with zero attached hydrogens (tertiary/aromatic N) is 4. The van der Waals surface area contributed by atoms with Gasteiger partial charge in [0.2, 0.25) is 10.0 Å². The molecule has 0 fully saturated rings. The molecular weight excluding hydrogens is 569 g/mol. The van der Waals surface area contributed by atoms with E-state index in [9.17, 15) is 26.4 Å². The molecule has 2 aromatic heterocycles. The highest BCUT2D eigenvalue weighted by atomic mass is 35.5. The fraction of sp³-hybridized carbons (Fsp3) is 0.192. The van der Waals surface area contributed by atoms with Crippen LogP contribution < -0.4 is 16.0 Å². The van der Waals surface area contributed by atoms with Gasteiger partial charge in [0, 0.05) is 18.7 Å². The zero-order chi connectivity index (χ0) is 29.1. The molecule has 0 aliphatic heterocycles. The average molecular weight is 591 g/mol. The second-order valence-corrected chi connectivity index (χ2v) is 11.6. The first-order chi connectivity index (χ1) is 18.7. The largest absolute Gasteiger partial charge is 0.321 e. The Balaban J connectivity index is 1.83. The molecule has 0 amide bonds. The SMILES string of the molecule is Cc1c(F)ccc2c(=O)n(-c3ccc(Cl)c4c(NS(C)(=O)=O)nn(C)c34)c(C(N)Cc3cc(F)cc(F)c3)nc12. The van der Waals surface area contributed by atoms with E-state index in [0.29, 0.717) is 0 Å². The van der Waals surface area contributed by atoms with Gasteiger partial charge < -0.3 is 5.73 Å². The van der Waals surface area contributed by atoms with Crippen molar-refractivity contribution in [1.82, 2.24) is 19.3 Å². The summed E-state index contributed by atoms with van der Waals surface area (Å²) in [6.45, 7) is 1.47. The molecule has 1 atom stereocenters. The number of anilines is 1. The van der Waals surface area contributed by atoms with E-state index in [0.717, 1.165) is 30.5 Å². The monoisotopic (exact) mass is 590 g/mol. The van der Waals surface area contributed by atoms with Gasteiger partial charge in [0.05, 0.1) is 44.8 Å². The van der Waals surface area contributed by atoms with Crippen molar-refractivity contribution in [3.8, 4) is 5.69 Å². The van der Waals surface area contributed by atoms with Gasteiger partial charge in [0.1, 0.15) is 23.3 Å². The van der Waals surface area contributed by atoms with Crippen LogP contribution in [0.15, 0.2) is 47.3 Å². The fourth-order valence-corrected chi connectivity index (χ4v) is 5.46. The predicted octanol–water partition coefficient (Wildman–Crippen LogP) is 4.27. The van der Waals surface area contributed by atoms with Crippen LogP contribution in [-0.4, -0.2) is 34.0 Å². The predicted molar refractivity (Wildman–Crippen MR) is 147 cm³/mol. The Bertz CT molecular complexity index is 1990. The summed E-state index contributed by atoms with van der Waals surface area (Å²) in [5.74, 6) is -2.28. The normalized spacial score (nSPS) is 12.8. The number of nitrogens with two attached hydrogens (primary N) is 1. The molecule has 3 aromatic carbocycles. The van der Waals surface area contributed by atoms with Gasteiger partial charge in [0.15, 0.2) is 5.82 Å². The summed E-state index contributed by atoms with van der Waals surface area (Å²) >= 11 is 6.45. The Kier molecular flexibility index (Phi) is 6.84. The number of aromatic nitrogens is 4. The third kappa shape index (κ3) is 4.91. The summed E-state index contributed by atoms with van der Waals surface area (Å²) < 4.78 is 71.1. The van der Waals surface area contributed by atoms with E-state index in [1.54, 1.807) is 0 Å². The first-order valence-corrected chi connectivity index (χ1v) is 14.1. The van der Waals surface area contributed by atoms with Gasteiger partial charge in [-0.1, -0.05) is 11.6 Å². The quantitative estimate of drug-likeness (QED) is 0.304. The number of rotatable bonds is 6. The number of fused-ring (bicyclic) bond motifs is 2. The van der Waals surface area contributed by atoms with E-state index in [1.165, 1.54) is 41.4 Å². The molecule has 0 spiro atoms. The molecule has 3 N–H and O–H groups in total. The van der Waals surface area contributed by atoms with Crippen molar-refractivity contribution in [2.75, 3.05) is 11.0 Å². The zero-order valence-corrected chi connectivity index (χ0v) is 22.9. The van der Waals surface area contributed by atoms with E-state index in [-0.39, 0.29) is 61.7 Å². The summed E-state index contributed by atoms with van der Waals surface area (Å²) in [5, 5.41) is 4.69. The Labute approximate surface area is 231 Å². The Morgan fingerprint density at radius 3 is 2.42 bits per heavy atom. The van der Waals surface area contributed by atoms with Crippen LogP contribution in [0.3, 0.4) is 0 Å².